The van der Waals surface area contributed by atoms with Crippen LogP contribution in [0.25, 0.3) is 11.0 Å². The van der Waals surface area contributed by atoms with Crippen molar-refractivity contribution in [3.8, 4) is 0 Å². The molecule has 0 saturated carbocycles. The Bertz CT molecular complexity index is 765. The van der Waals surface area contributed by atoms with Crippen LogP contribution < -0.4 is 4.90 Å². The van der Waals surface area contributed by atoms with Gasteiger partial charge in [0.1, 0.15) is 5.82 Å². The number of rotatable bonds is 2. The summed E-state index contributed by atoms with van der Waals surface area (Å²) in [5.41, 5.74) is 1.84. The summed E-state index contributed by atoms with van der Waals surface area (Å²) in [6.07, 6.45) is 9.09. The number of hydrogen-bond acceptors (Lipinski definition) is 4. The monoisotopic (exact) mass is 322 g/mol. The summed E-state index contributed by atoms with van der Waals surface area (Å²) in [7, 11) is 0. The number of hydrogen-bond donors (Lipinski definition) is 0. The molecule has 0 bridgehead atoms. The number of carbonyl (C=O) groups is 1. The van der Waals surface area contributed by atoms with Crippen LogP contribution in [0.1, 0.15) is 19.3 Å². The maximum Gasteiger partial charge on any atom is 0.226 e. The maximum absolute atomic E-state index is 12.6. The van der Waals surface area contributed by atoms with Gasteiger partial charge in [-0.3, -0.25) is 9.78 Å². The van der Waals surface area contributed by atoms with Gasteiger partial charge in [0.25, 0.3) is 0 Å². The molecule has 1 saturated heterocycles. The van der Waals surface area contributed by atoms with Crippen molar-refractivity contribution in [2.24, 2.45) is 5.92 Å². The zero-order valence-corrected chi connectivity index (χ0v) is 13.8. The molecule has 1 fully saturated rings. The van der Waals surface area contributed by atoms with Crippen LogP contribution in [0.3, 0.4) is 0 Å². The first-order chi connectivity index (χ1) is 11.8. The summed E-state index contributed by atoms with van der Waals surface area (Å²) in [5.74, 6) is 1.41. The largest absolute Gasteiger partial charge is 0.352 e. The van der Waals surface area contributed by atoms with Gasteiger partial charge in [-0.25, -0.2) is 4.98 Å². The first kappa shape index (κ1) is 15.1. The summed E-state index contributed by atoms with van der Waals surface area (Å²) in [6, 6.07) is 7.92. The minimum Gasteiger partial charge on any atom is -0.352 e. The van der Waals surface area contributed by atoms with Gasteiger partial charge in [0.15, 0.2) is 0 Å². The topological polar surface area (TPSA) is 49.3 Å². The molecule has 0 radical (unpaired) electrons. The van der Waals surface area contributed by atoms with Crippen molar-refractivity contribution in [3.63, 3.8) is 0 Å². The average Bonchev–Trinajstić information content (AvgIpc) is 2.68. The molecule has 24 heavy (non-hydrogen) atoms. The van der Waals surface area contributed by atoms with Gasteiger partial charge in [-0.2, -0.15) is 0 Å². The summed E-state index contributed by atoms with van der Waals surface area (Å²) in [4.78, 5) is 26.1. The quantitative estimate of drug-likeness (QED) is 0.798. The number of aromatic nitrogens is 2. The number of amides is 1. The van der Waals surface area contributed by atoms with E-state index in [2.05, 4.69) is 22.0 Å². The number of fused-ring (bicyclic) bond motifs is 1. The van der Waals surface area contributed by atoms with E-state index < -0.39 is 0 Å². The van der Waals surface area contributed by atoms with Crippen molar-refractivity contribution in [1.29, 1.82) is 0 Å². The van der Waals surface area contributed by atoms with Gasteiger partial charge in [-0.05, 0) is 31.4 Å². The van der Waals surface area contributed by atoms with Crippen molar-refractivity contribution < 1.29 is 4.79 Å². The van der Waals surface area contributed by atoms with Crippen molar-refractivity contribution in [2.75, 3.05) is 31.1 Å². The first-order valence-corrected chi connectivity index (χ1v) is 8.72. The number of para-hydroxylation sites is 2. The highest BCUT2D eigenvalue weighted by Crippen LogP contribution is 2.22. The molecule has 2 aliphatic rings. The van der Waals surface area contributed by atoms with E-state index in [4.69, 9.17) is 4.98 Å². The lowest BCUT2D eigenvalue weighted by molar-refractivity contribution is -0.136. The van der Waals surface area contributed by atoms with E-state index in [1.54, 1.807) is 0 Å². The number of nitrogens with zero attached hydrogens (tertiary/aromatic N) is 4. The van der Waals surface area contributed by atoms with Crippen molar-refractivity contribution in [3.05, 3.63) is 42.6 Å². The van der Waals surface area contributed by atoms with Crippen LogP contribution in [-0.2, 0) is 4.79 Å². The van der Waals surface area contributed by atoms with Crippen molar-refractivity contribution in [1.82, 2.24) is 14.9 Å². The molecule has 1 aliphatic heterocycles. The Kier molecular flexibility index (Phi) is 4.15. The minimum absolute atomic E-state index is 0.182. The second-order valence-corrected chi connectivity index (χ2v) is 6.51. The van der Waals surface area contributed by atoms with E-state index in [0.717, 1.165) is 62.3 Å². The molecule has 1 atom stereocenters. The molecule has 1 aromatic heterocycles. The second-order valence-electron chi connectivity index (χ2n) is 6.51. The number of carbonyl (C=O) groups excluding carboxylic acids is 1. The Balaban J connectivity index is 1.41. The molecule has 2 aromatic rings. The molecule has 1 amide bonds. The Morgan fingerprint density at radius 3 is 2.58 bits per heavy atom. The highest BCUT2D eigenvalue weighted by molar-refractivity contribution is 5.79. The van der Waals surface area contributed by atoms with Crippen LogP contribution in [0.4, 0.5) is 5.82 Å². The van der Waals surface area contributed by atoms with E-state index in [9.17, 15) is 4.79 Å². The van der Waals surface area contributed by atoms with Gasteiger partial charge in [0, 0.05) is 32.1 Å². The maximum atomic E-state index is 12.6. The van der Waals surface area contributed by atoms with Gasteiger partial charge in [-0.15, -0.1) is 0 Å². The molecular weight excluding hydrogens is 300 g/mol. The number of anilines is 1. The fourth-order valence-corrected chi connectivity index (χ4v) is 3.53. The van der Waals surface area contributed by atoms with Crippen LogP contribution in [0.2, 0.25) is 0 Å². The Morgan fingerprint density at radius 1 is 1.04 bits per heavy atom. The second kappa shape index (κ2) is 6.59. The van der Waals surface area contributed by atoms with Gasteiger partial charge in [0.05, 0.1) is 17.2 Å². The molecule has 5 nitrogen and oxygen atoms in total. The summed E-state index contributed by atoms with van der Waals surface area (Å²) in [6.45, 7) is 3.18. The summed E-state index contributed by atoms with van der Waals surface area (Å²) in [5, 5.41) is 0. The molecular formula is C19H22N4O. The van der Waals surface area contributed by atoms with Gasteiger partial charge in [0.2, 0.25) is 5.91 Å². The third-order valence-electron chi connectivity index (χ3n) is 4.97. The molecule has 1 aliphatic carbocycles. The zero-order valence-electron chi connectivity index (χ0n) is 13.8. The van der Waals surface area contributed by atoms with Crippen molar-refractivity contribution in [2.45, 2.75) is 19.3 Å². The number of allylic oxidation sites excluding steroid dienone is 2. The lowest BCUT2D eigenvalue weighted by Gasteiger charge is -2.37. The van der Waals surface area contributed by atoms with E-state index >= 15 is 0 Å². The Hall–Kier alpha value is -2.43. The van der Waals surface area contributed by atoms with Crippen LogP contribution in [-0.4, -0.2) is 47.0 Å². The van der Waals surface area contributed by atoms with Gasteiger partial charge < -0.3 is 9.80 Å². The van der Waals surface area contributed by atoms with Gasteiger partial charge >= 0.3 is 0 Å². The Morgan fingerprint density at radius 2 is 1.83 bits per heavy atom. The first-order valence-electron chi connectivity index (χ1n) is 8.72. The van der Waals surface area contributed by atoms with E-state index in [1.807, 2.05) is 35.4 Å². The lowest BCUT2D eigenvalue weighted by atomic mass is 9.93. The molecule has 4 rings (SSSR count). The average molecular weight is 322 g/mol. The van der Waals surface area contributed by atoms with E-state index in [1.165, 1.54) is 0 Å². The third kappa shape index (κ3) is 2.98. The van der Waals surface area contributed by atoms with E-state index in [-0.39, 0.29) is 5.92 Å². The highest BCUT2D eigenvalue weighted by atomic mass is 16.2. The fourth-order valence-electron chi connectivity index (χ4n) is 3.53. The van der Waals surface area contributed by atoms with Crippen LogP contribution in [0.5, 0.6) is 0 Å². The predicted molar refractivity (Wildman–Crippen MR) is 94.8 cm³/mol. The minimum atomic E-state index is 0.182. The molecule has 124 valence electrons. The lowest BCUT2D eigenvalue weighted by Crippen LogP contribution is -2.50. The highest BCUT2D eigenvalue weighted by Gasteiger charge is 2.27. The third-order valence-corrected chi connectivity index (χ3v) is 4.97. The number of piperazine rings is 1. The fraction of sp³-hybridized carbons (Fsp3) is 0.421. The molecule has 1 unspecified atom stereocenters. The molecule has 2 heterocycles. The predicted octanol–water partition coefficient (Wildman–Crippen LogP) is 2.63. The number of benzene rings is 1. The molecule has 0 N–H and O–H groups in total. The molecule has 0 spiro atoms. The van der Waals surface area contributed by atoms with Crippen LogP contribution in [0, 0.1) is 5.92 Å². The SMILES string of the molecule is O=C(C1CC=CCC1)N1CCN(c2cnc3ccccc3n2)CC1. The van der Waals surface area contributed by atoms with Crippen LogP contribution >= 0.6 is 0 Å². The summed E-state index contributed by atoms with van der Waals surface area (Å²) >= 11 is 0. The summed E-state index contributed by atoms with van der Waals surface area (Å²) < 4.78 is 0. The molecule has 5 heteroatoms. The van der Waals surface area contributed by atoms with E-state index in [0.29, 0.717) is 5.91 Å². The Labute approximate surface area is 142 Å². The normalized spacial score (nSPS) is 21.2. The zero-order chi connectivity index (χ0) is 16.4. The van der Waals surface area contributed by atoms with Gasteiger partial charge in [-0.1, -0.05) is 24.3 Å². The molecule has 1 aromatic carbocycles. The standard InChI is InChI=1S/C19H22N4O/c24-19(15-6-2-1-3-7-15)23-12-10-22(11-13-23)18-14-20-16-8-4-5-9-17(16)21-18/h1-2,4-5,8-9,14-15H,3,6-7,10-13H2. The van der Waals surface area contributed by atoms with Crippen LogP contribution in [0.15, 0.2) is 42.6 Å². The smallest absolute Gasteiger partial charge is 0.226 e. The van der Waals surface area contributed by atoms with Crippen molar-refractivity contribution >= 4 is 22.8 Å².